The number of hydrogen-bond acceptors (Lipinski definition) is 3. The van der Waals surface area contributed by atoms with Gasteiger partial charge in [0.2, 0.25) is 0 Å². The van der Waals surface area contributed by atoms with Crippen LogP contribution in [0.15, 0.2) is 0 Å². The van der Waals surface area contributed by atoms with Crippen molar-refractivity contribution < 1.29 is 14.6 Å². The van der Waals surface area contributed by atoms with Crippen LogP contribution in [-0.2, 0) is 9.53 Å². The van der Waals surface area contributed by atoms with Gasteiger partial charge in [0, 0.05) is 6.04 Å². The number of rotatable bonds is 7. The van der Waals surface area contributed by atoms with E-state index in [4.69, 9.17) is 4.74 Å². The zero-order chi connectivity index (χ0) is 15.3. The molecule has 0 radical (unpaired) electrons. The SMILES string of the molecule is CC1CCC(C(C)C)C(OCC(NC(C)C)C(=O)O)C1. The van der Waals surface area contributed by atoms with E-state index in [-0.39, 0.29) is 18.8 Å². The molecule has 1 saturated carbocycles. The van der Waals surface area contributed by atoms with Crippen LogP contribution in [0.2, 0.25) is 0 Å². The Labute approximate surface area is 123 Å². The van der Waals surface area contributed by atoms with Gasteiger partial charge in [0.1, 0.15) is 6.04 Å². The molecule has 0 aromatic rings. The van der Waals surface area contributed by atoms with Crippen molar-refractivity contribution in [1.29, 1.82) is 0 Å². The first-order valence-electron chi connectivity index (χ1n) is 7.91. The maximum Gasteiger partial charge on any atom is 0.323 e. The number of aliphatic carboxylic acids is 1. The van der Waals surface area contributed by atoms with Gasteiger partial charge < -0.3 is 15.2 Å². The van der Waals surface area contributed by atoms with Gasteiger partial charge in [-0.1, -0.05) is 41.0 Å². The molecule has 0 spiro atoms. The summed E-state index contributed by atoms with van der Waals surface area (Å²) in [7, 11) is 0. The van der Waals surface area contributed by atoms with Crippen LogP contribution in [0.25, 0.3) is 0 Å². The molecule has 0 aromatic heterocycles. The maximum absolute atomic E-state index is 11.2. The van der Waals surface area contributed by atoms with E-state index in [0.717, 1.165) is 6.42 Å². The summed E-state index contributed by atoms with van der Waals surface area (Å²) in [4.78, 5) is 11.2. The van der Waals surface area contributed by atoms with Crippen LogP contribution in [-0.4, -0.2) is 35.9 Å². The molecule has 1 aliphatic carbocycles. The monoisotopic (exact) mass is 285 g/mol. The molecular formula is C16H31NO3. The number of carbonyl (C=O) groups is 1. The predicted molar refractivity (Wildman–Crippen MR) is 80.8 cm³/mol. The zero-order valence-corrected chi connectivity index (χ0v) is 13.6. The molecule has 1 rings (SSSR count). The van der Waals surface area contributed by atoms with Crippen molar-refractivity contribution in [3.8, 4) is 0 Å². The number of nitrogens with one attached hydrogen (secondary N) is 1. The lowest BCUT2D eigenvalue weighted by molar-refractivity contribution is -0.143. The first-order chi connectivity index (χ1) is 9.31. The Morgan fingerprint density at radius 1 is 1.30 bits per heavy atom. The molecule has 4 heteroatoms. The summed E-state index contributed by atoms with van der Waals surface area (Å²) < 4.78 is 6.01. The van der Waals surface area contributed by atoms with Gasteiger partial charge in [-0.3, -0.25) is 4.79 Å². The van der Waals surface area contributed by atoms with Crippen LogP contribution in [0.5, 0.6) is 0 Å². The average Bonchev–Trinajstić information content (AvgIpc) is 2.33. The third kappa shape index (κ3) is 5.41. The largest absolute Gasteiger partial charge is 0.480 e. The molecule has 0 heterocycles. The van der Waals surface area contributed by atoms with Gasteiger partial charge in [-0.2, -0.15) is 0 Å². The molecule has 2 N–H and O–H groups in total. The van der Waals surface area contributed by atoms with Crippen molar-refractivity contribution in [1.82, 2.24) is 5.32 Å². The van der Waals surface area contributed by atoms with E-state index in [1.807, 2.05) is 13.8 Å². The summed E-state index contributed by atoms with van der Waals surface area (Å²) in [5.74, 6) is 0.994. The van der Waals surface area contributed by atoms with Gasteiger partial charge in [0.25, 0.3) is 0 Å². The molecule has 1 fully saturated rings. The third-order valence-electron chi connectivity index (χ3n) is 4.27. The predicted octanol–water partition coefficient (Wildman–Crippen LogP) is 2.92. The van der Waals surface area contributed by atoms with Crippen LogP contribution < -0.4 is 5.32 Å². The molecule has 4 atom stereocenters. The Balaban J connectivity index is 2.56. The highest BCUT2D eigenvalue weighted by atomic mass is 16.5. The summed E-state index contributed by atoms with van der Waals surface area (Å²) in [6.45, 7) is 10.9. The third-order valence-corrected chi connectivity index (χ3v) is 4.27. The van der Waals surface area contributed by atoms with Crippen molar-refractivity contribution in [2.45, 2.75) is 72.1 Å². The second-order valence-corrected chi connectivity index (χ2v) is 6.91. The fourth-order valence-corrected chi connectivity index (χ4v) is 3.12. The lowest BCUT2D eigenvalue weighted by atomic mass is 9.75. The van der Waals surface area contributed by atoms with Crippen molar-refractivity contribution in [3.05, 3.63) is 0 Å². The Kier molecular flexibility index (Phi) is 6.96. The zero-order valence-electron chi connectivity index (χ0n) is 13.6. The molecule has 0 bridgehead atoms. The maximum atomic E-state index is 11.2. The van der Waals surface area contributed by atoms with Crippen molar-refractivity contribution in [2.75, 3.05) is 6.61 Å². The summed E-state index contributed by atoms with van der Waals surface area (Å²) in [5, 5.41) is 12.3. The molecule has 0 aliphatic heterocycles. The highest BCUT2D eigenvalue weighted by Gasteiger charge is 2.32. The van der Waals surface area contributed by atoms with Crippen LogP contribution in [0.1, 0.15) is 53.9 Å². The molecule has 1 aliphatic rings. The topological polar surface area (TPSA) is 58.6 Å². The van der Waals surface area contributed by atoms with Gasteiger partial charge in [-0.05, 0) is 30.6 Å². The summed E-state index contributed by atoms with van der Waals surface area (Å²) in [6, 6.07) is -0.467. The normalized spacial score (nSPS) is 28.9. The standard InChI is InChI=1S/C16H31NO3/c1-10(2)13-7-6-12(5)8-15(13)20-9-14(16(18)19)17-11(3)4/h10-15,17H,6-9H2,1-5H3,(H,18,19). The van der Waals surface area contributed by atoms with Crippen molar-refractivity contribution in [2.24, 2.45) is 17.8 Å². The first-order valence-corrected chi connectivity index (χ1v) is 7.91. The molecule has 4 nitrogen and oxygen atoms in total. The first kappa shape index (κ1) is 17.4. The minimum absolute atomic E-state index is 0.144. The molecule has 4 unspecified atom stereocenters. The van der Waals surface area contributed by atoms with E-state index in [9.17, 15) is 9.90 Å². The lowest BCUT2D eigenvalue weighted by Crippen LogP contribution is -2.46. The Morgan fingerprint density at radius 3 is 2.45 bits per heavy atom. The van der Waals surface area contributed by atoms with Gasteiger partial charge in [0.15, 0.2) is 0 Å². The quantitative estimate of drug-likeness (QED) is 0.755. The molecule has 0 aromatic carbocycles. The Bertz CT molecular complexity index is 304. The highest BCUT2D eigenvalue weighted by Crippen LogP contribution is 2.35. The van der Waals surface area contributed by atoms with E-state index < -0.39 is 12.0 Å². The number of ether oxygens (including phenoxy) is 1. The van der Waals surface area contributed by atoms with Crippen LogP contribution >= 0.6 is 0 Å². The van der Waals surface area contributed by atoms with Crippen molar-refractivity contribution >= 4 is 5.97 Å². The van der Waals surface area contributed by atoms with E-state index in [1.54, 1.807) is 0 Å². The second-order valence-electron chi connectivity index (χ2n) is 6.91. The van der Waals surface area contributed by atoms with Gasteiger partial charge >= 0.3 is 5.97 Å². The fourth-order valence-electron chi connectivity index (χ4n) is 3.12. The Hall–Kier alpha value is -0.610. The Morgan fingerprint density at radius 2 is 1.95 bits per heavy atom. The lowest BCUT2D eigenvalue weighted by Gasteiger charge is -2.37. The van der Waals surface area contributed by atoms with E-state index in [2.05, 4.69) is 26.1 Å². The fraction of sp³-hybridized carbons (Fsp3) is 0.938. The number of hydrogen-bond donors (Lipinski definition) is 2. The van der Waals surface area contributed by atoms with Crippen LogP contribution in [0.4, 0.5) is 0 Å². The molecule has 118 valence electrons. The van der Waals surface area contributed by atoms with Crippen LogP contribution in [0, 0.1) is 17.8 Å². The van der Waals surface area contributed by atoms with E-state index >= 15 is 0 Å². The average molecular weight is 285 g/mol. The summed E-state index contributed by atoms with van der Waals surface area (Å²) in [5.41, 5.74) is 0. The van der Waals surface area contributed by atoms with Gasteiger partial charge in [-0.25, -0.2) is 0 Å². The van der Waals surface area contributed by atoms with Gasteiger partial charge in [0.05, 0.1) is 12.7 Å². The van der Waals surface area contributed by atoms with E-state index in [1.165, 1.54) is 12.8 Å². The van der Waals surface area contributed by atoms with Crippen molar-refractivity contribution in [3.63, 3.8) is 0 Å². The molecule has 0 saturated heterocycles. The smallest absolute Gasteiger partial charge is 0.323 e. The molecule has 0 amide bonds. The number of carboxylic acid groups (broad SMARTS) is 1. The second kappa shape index (κ2) is 7.99. The summed E-state index contributed by atoms with van der Waals surface area (Å²) >= 11 is 0. The van der Waals surface area contributed by atoms with Crippen LogP contribution in [0.3, 0.4) is 0 Å². The minimum Gasteiger partial charge on any atom is -0.480 e. The van der Waals surface area contributed by atoms with Gasteiger partial charge in [-0.15, -0.1) is 0 Å². The highest BCUT2D eigenvalue weighted by molar-refractivity contribution is 5.73. The molecule has 20 heavy (non-hydrogen) atoms. The summed E-state index contributed by atoms with van der Waals surface area (Å²) in [6.07, 6.45) is 3.71. The minimum atomic E-state index is -0.830. The van der Waals surface area contributed by atoms with E-state index in [0.29, 0.717) is 17.8 Å². The molecular weight excluding hydrogens is 254 g/mol. The number of carboxylic acids is 1.